The first kappa shape index (κ1) is 18.9. The Kier molecular flexibility index (Phi) is 5.73. The number of anilines is 1. The number of nitrogens with zero attached hydrogens (tertiary/aromatic N) is 2. The van der Waals surface area contributed by atoms with E-state index in [-0.39, 0.29) is 11.8 Å². The van der Waals surface area contributed by atoms with E-state index in [0.29, 0.717) is 26.9 Å². The summed E-state index contributed by atoms with van der Waals surface area (Å²) < 4.78 is 10.2. The predicted octanol–water partition coefficient (Wildman–Crippen LogP) is 4.21. The molecule has 0 saturated heterocycles. The van der Waals surface area contributed by atoms with Crippen molar-refractivity contribution in [2.45, 2.75) is 6.42 Å². The standard InChI is InChI=1S/C18H13Cl2N3O4/c1-26-16(25)9-15(24)21-14-5-3-2-4-11(14)18-23-22-17(27-18)10-6-7-12(19)13(20)8-10/h2-8H,9H2,1H3,(H,21,24). The number of esters is 1. The molecule has 9 heteroatoms. The Morgan fingerprint density at radius 1 is 1.07 bits per heavy atom. The number of carbonyl (C=O) groups excluding carboxylic acids is 2. The normalized spacial score (nSPS) is 10.5. The van der Waals surface area contributed by atoms with E-state index in [4.69, 9.17) is 27.6 Å². The zero-order valence-corrected chi connectivity index (χ0v) is 15.5. The number of hydrogen-bond acceptors (Lipinski definition) is 6. The first-order valence-corrected chi connectivity index (χ1v) is 8.48. The maximum atomic E-state index is 12.0. The maximum absolute atomic E-state index is 12.0. The molecule has 0 bridgehead atoms. The number of para-hydroxylation sites is 1. The lowest BCUT2D eigenvalue weighted by molar-refractivity contribution is -0.142. The topological polar surface area (TPSA) is 94.3 Å². The molecule has 138 valence electrons. The van der Waals surface area contributed by atoms with E-state index in [1.165, 1.54) is 7.11 Å². The third-order valence-electron chi connectivity index (χ3n) is 3.56. The lowest BCUT2D eigenvalue weighted by atomic mass is 10.1. The smallest absolute Gasteiger partial charge is 0.315 e. The zero-order chi connectivity index (χ0) is 19.4. The second kappa shape index (κ2) is 8.20. The molecule has 0 aliphatic rings. The van der Waals surface area contributed by atoms with Gasteiger partial charge in [0.15, 0.2) is 0 Å². The molecule has 0 unspecified atom stereocenters. The van der Waals surface area contributed by atoms with Crippen LogP contribution in [0.25, 0.3) is 22.9 Å². The molecule has 1 heterocycles. The minimum atomic E-state index is -0.635. The number of benzene rings is 2. The molecule has 0 saturated carbocycles. The summed E-state index contributed by atoms with van der Waals surface area (Å²) in [5, 5.41) is 11.4. The second-order valence-electron chi connectivity index (χ2n) is 5.39. The summed E-state index contributed by atoms with van der Waals surface area (Å²) in [4.78, 5) is 23.2. The SMILES string of the molecule is COC(=O)CC(=O)Nc1ccccc1-c1nnc(-c2ccc(Cl)c(Cl)c2)o1. The van der Waals surface area contributed by atoms with Gasteiger partial charge in [0.2, 0.25) is 17.7 Å². The van der Waals surface area contributed by atoms with Gasteiger partial charge in [-0.3, -0.25) is 9.59 Å². The van der Waals surface area contributed by atoms with Gasteiger partial charge in [0.05, 0.1) is 28.4 Å². The van der Waals surface area contributed by atoms with Crippen molar-refractivity contribution in [3.05, 3.63) is 52.5 Å². The van der Waals surface area contributed by atoms with Gasteiger partial charge in [-0.05, 0) is 30.3 Å². The van der Waals surface area contributed by atoms with E-state index in [9.17, 15) is 9.59 Å². The van der Waals surface area contributed by atoms with Crippen molar-refractivity contribution in [3.63, 3.8) is 0 Å². The summed E-state index contributed by atoms with van der Waals surface area (Å²) in [7, 11) is 1.21. The molecule has 0 atom stereocenters. The molecule has 2 aromatic carbocycles. The summed E-state index contributed by atoms with van der Waals surface area (Å²) in [5.74, 6) is -0.701. The highest BCUT2D eigenvalue weighted by atomic mass is 35.5. The molecule has 27 heavy (non-hydrogen) atoms. The fourth-order valence-corrected chi connectivity index (χ4v) is 2.55. The van der Waals surface area contributed by atoms with Gasteiger partial charge < -0.3 is 14.5 Å². The average molecular weight is 406 g/mol. The van der Waals surface area contributed by atoms with Crippen molar-refractivity contribution in [1.29, 1.82) is 0 Å². The average Bonchev–Trinajstić information content (AvgIpc) is 3.14. The van der Waals surface area contributed by atoms with Gasteiger partial charge in [0.1, 0.15) is 6.42 Å². The van der Waals surface area contributed by atoms with Crippen LogP contribution in [0, 0.1) is 0 Å². The third-order valence-corrected chi connectivity index (χ3v) is 4.29. The number of amides is 1. The first-order chi connectivity index (χ1) is 13.0. The number of nitrogens with one attached hydrogen (secondary N) is 1. The van der Waals surface area contributed by atoms with Gasteiger partial charge in [-0.25, -0.2) is 0 Å². The minimum absolute atomic E-state index is 0.199. The highest BCUT2D eigenvalue weighted by molar-refractivity contribution is 6.42. The predicted molar refractivity (Wildman–Crippen MR) is 100 cm³/mol. The number of aromatic nitrogens is 2. The summed E-state index contributed by atoms with van der Waals surface area (Å²) >= 11 is 11.9. The molecule has 1 aromatic heterocycles. The van der Waals surface area contributed by atoms with Crippen LogP contribution in [0.1, 0.15) is 6.42 Å². The molecule has 0 aliphatic carbocycles. The second-order valence-corrected chi connectivity index (χ2v) is 6.20. The number of ether oxygens (including phenoxy) is 1. The van der Waals surface area contributed by atoms with Gasteiger partial charge >= 0.3 is 5.97 Å². The van der Waals surface area contributed by atoms with Crippen molar-refractivity contribution in [3.8, 4) is 22.9 Å². The van der Waals surface area contributed by atoms with Crippen LogP contribution in [0.3, 0.4) is 0 Å². The van der Waals surface area contributed by atoms with E-state index in [1.54, 1.807) is 42.5 Å². The van der Waals surface area contributed by atoms with Crippen LogP contribution < -0.4 is 5.32 Å². The summed E-state index contributed by atoms with van der Waals surface area (Å²) in [6.07, 6.45) is -0.400. The molecular formula is C18H13Cl2N3O4. The van der Waals surface area contributed by atoms with Crippen molar-refractivity contribution < 1.29 is 18.7 Å². The molecule has 0 aliphatic heterocycles. The number of halogens is 2. The van der Waals surface area contributed by atoms with E-state index in [2.05, 4.69) is 20.3 Å². The number of hydrogen-bond donors (Lipinski definition) is 1. The maximum Gasteiger partial charge on any atom is 0.315 e. The Morgan fingerprint density at radius 3 is 2.56 bits per heavy atom. The quantitative estimate of drug-likeness (QED) is 0.504. The molecule has 0 radical (unpaired) electrons. The Labute approximate surface area is 164 Å². The Bertz CT molecular complexity index is 1000. The molecule has 0 spiro atoms. The molecular weight excluding hydrogens is 393 g/mol. The summed E-state index contributed by atoms with van der Waals surface area (Å²) in [6, 6.07) is 11.8. The largest absolute Gasteiger partial charge is 0.469 e. The van der Waals surface area contributed by atoms with E-state index in [0.717, 1.165) is 0 Å². The number of methoxy groups -OCH3 is 1. The molecule has 3 rings (SSSR count). The fraction of sp³-hybridized carbons (Fsp3) is 0.111. The molecule has 1 N–H and O–H groups in total. The van der Waals surface area contributed by atoms with Crippen molar-refractivity contribution in [2.24, 2.45) is 0 Å². The summed E-state index contributed by atoms with van der Waals surface area (Å²) in [6.45, 7) is 0. The zero-order valence-electron chi connectivity index (χ0n) is 14.0. The molecule has 3 aromatic rings. The molecule has 7 nitrogen and oxygen atoms in total. The van der Waals surface area contributed by atoms with Gasteiger partial charge in [0, 0.05) is 5.56 Å². The van der Waals surface area contributed by atoms with Crippen LogP contribution in [-0.2, 0) is 14.3 Å². The van der Waals surface area contributed by atoms with Gasteiger partial charge in [-0.15, -0.1) is 10.2 Å². The van der Waals surface area contributed by atoms with Gasteiger partial charge in [0.25, 0.3) is 0 Å². The van der Waals surface area contributed by atoms with Crippen LogP contribution in [0.2, 0.25) is 10.0 Å². The van der Waals surface area contributed by atoms with E-state index < -0.39 is 18.3 Å². The minimum Gasteiger partial charge on any atom is -0.469 e. The van der Waals surface area contributed by atoms with Crippen LogP contribution in [0.15, 0.2) is 46.9 Å². The van der Waals surface area contributed by atoms with E-state index >= 15 is 0 Å². The van der Waals surface area contributed by atoms with Gasteiger partial charge in [-0.2, -0.15) is 0 Å². The first-order valence-electron chi connectivity index (χ1n) is 7.73. The highest BCUT2D eigenvalue weighted by Crippen LogP contribution is 2.32. The van der Waals surface area contributed by atoms with Crippen LogP contribution in [0.4, 0.5) is 5.69 Å². The highest BCUT2D eigenvalue weighted by Gasteiger charge is 2.17. The van der Waals surface area contributed by atoms with Gasteiger partial charge in [-0.1, -0.05) is 35.3 Å². The fourth-order valence-electron chi connectivity index (χ4n) is 2.25. The monoisotopic (exact) mass is 405 g/mol. The van der Waals surface area contributed by atoms with Crippen molar-refractivity contribution in [1.82, 2.24) is 10.2 Å². The Morgan fingerprint density at radius 2 is 1.81 bits per heavy atom. The summed E-state index contributed by atoms with van der Waals surface area (Å²) in [5.41, 5.74) is 1.54. The lowest BCUT2D eigenvalue weighted by Gasteiger charge is -2.08. The number of carbonyl (C=O) groups is 2. The Balaban J connectivity index is 1.87. The molecule has 1 amide bonds. The van der Waals surface area contributed by atoms with Crippen molar-refractivity contribution >= 4 is 40.8 Å². The molecule has 0 fully saturated rings. The van der Waals surface area contributed by atoms with Crippen molar-refractivity contribution in [2.75, 3.05) is 12.4 Å². The third kappa shape index (κ3) is 4.45. The lowest BCUT2D eigenvalue weighted by Crippen LogP contribution is -2.17. The van der Waals surface area contributed by atoms with Crippen LogP contribution in [0.5, 0.6) is 0 Å². The Hall–Kier alpha value is -2.90. The van der Waals surface area contributed by atoms with Crippen LogP contribution in [-0.4, -0.2) is 29.2 Å². The van der Waals surface area contributed by atoms with E-state index in [1.807, 2.05) is 0 Å². The van der Waals surface area contributed by atoms with Crippen LogP contribution >= 0.6 is 23.2 Å². The number of rotatable bonds is 5.